The molecule has 3 N–H and O–H groups in total. The van der Waals surface area contributed by atoms with Gasteiger partial charge in [0.1, 0.15) is 11.6 Å². The number of hydrogen-bond acceptors (Lipinski definition) is 3. The monoisotopic (exact) mass is 419 g/mol. The minimum absolute atomic E-state index is 0.165. The Kier molecular flexibility index (Phi) is 5.84. The first-order valence-corrected chi connectivity index (χ1v) is 9.00. The number of aliphatic hydroxyl groups excluding tert-OH is 1. The highest BCUT2D eigenvalue weighted by Crippen LogP contribution is 2.38. The number of carbonyl (C=O) groups excluding carboxylic acids is 1. The maximum atomic E-state index is 13.5. The number of nitrogens with two attached hydrogens (primary N) is 1. The molecule has 0 radical (unpaired) electrons. The van der Waals surface area contributed by atoms with Gasteiger partial charge in [0.2, 0.25) is 0 Å². The Morgan fingerprint density at radius 2 is 1.86 bits per heavy atom. The van der Waals surface area contributed by atoms with Gasteiger partial charge in [-0.2, -0.15) is 0 Å². The van der Waals surface area contributed by atoms with Crippen molar-refractivity contribution in [2.24, 2.45) is 5.73 Å². The standard InChI is InChI=1S/C20H16Cl2FN3O2/c1-11-9-13(23)6-7-14(11)18-12(10-27)5-8-17(25-18)26(20(24)28)19-15(21)3-2-4-16(19)22/h2-9,27H,10H2,1H3,(H2,24,28). The van der Waals surface area contributed by atoms with E-state index in [1.54, 1.807) is 37.3 Å². The molecule has 3 aromatic rings. The number of amides is 2. The second kappa shape index (κ2) is 8.14. The Morgan fingerprint density at radius 1 is 1.18 bits per heavy atom. The van der Waals surface area contributed by atoms with E-state index in [1.165, 1.54) is 18.2 Å². The topological polar surface area (TPSA) is 79.5 Å². The molecule has 3 rings (SSSR count). The normalized spacial score (nSPS) is 10.8. The molecule has 1 aromatic heterocycles. The number of benzene rings is 2. The van der Waals surface area contributed by atoms with Crippen molar-refractivity contribution in [3.63, 3.8) is 0 Å². The second-order valence-electron chi connectivity index (χ2n) is 6.04. The van der Waals surface area contributed by atoms with E-state index in [0.29, 0.717) is 22.4 Å². The maximum Gasteiger partial charge on any atom is 0.325 e. The molecule has 2 amide bonds. The van der Waals surface area contributed by atoms with Crippen molar-refractivity contribution >= 4 is 40.7 Å². The quantitative estimate of drug-likeness (QED) is 0.608. The highest BCUT2D eigenvalue weighted by Gasteiger charge is 2.23. The number of pyridine rings is 1. The number of aliphatic hydroxyl groups is 1. The van der Waals surface area contributed by atoms with Crippen LogP contribution in [0.1, 0.15) is 11.1 Å². The summed E-state index contributed by atoms with van der Waals surface area (Å²) in [4.78, 5) is 17.8. The van der Waals surface area contributed by atoms with Gasteiger partial charge in [-0.3, -0.25) is 0 Å². The van der Waals surface area contributed by atoms with Crippen LogP contribution < -0.4 is 10.6 Å². The summed E-state index contributed by atoms with van der Waals surface area (Å²) >= 11 is 12.5. The molecular weight excluding hydrogens is 404 g/mol. The Morgan fingerprint density at radius 3 is 2.43 bits per heavy atom. The van der Waals surface area contributed by atoms with Crippen molar-refractivity contribution in [3.05, 3.63) is 75.5 Å². The molecule has 8 heteroatoms. The summed E-state index contributed by atoms with van der Waals surface area (Å²) in [5.41, 5.74) is 7.92. The summed E-state index contributed by atoms with van der Waals surface area (Å²) in [6, 6.07) is 11.3. The van der Waals surface area contributed by atoms with Crippen molar-refractivity contribution in [1.29, 1.82) is 0 Å². The molecule has 0 unspecified atom stereocenters. The van der Waals surface area contributed by atoms with E-state index in [0.717, 1.165) is 4.90 Å². The summed E-state index contributed by atoms with van der Waals surface area (Å²) in [5.74, 6) is -0.219. The third-order valence-electron chi connectivity index (χ3n) is 4.19. The fourth-order valence-corrected chi connectivity index (χ4v) is 3.46. The van der Waals surface area contributed by atoms with Crippen LogP contribution in [0.2, 0.25) is 10.0 Å². The predicted molar refractivity (Wildman–Crippen MR) is 108 cm³/mol. The minimum atomic E-state index is -0.832. The molecule has 5 nitrogen and oxygen atoms in total. The molecule has 0 aliphatic heterocycles. The summed E-state index contributed by atoms with van der Waals surface area (Å²) in [6.45, 7) is 1.44. The molecule has 0 saturated carbocycles. The van der Waals surface area contributed by atoms with Gasteiger partial charge in [0.25, 0.3) is 0 Å². The van der Waals surface area contributed by atoms with E-state index in [-0.39, 0.29) is 34.0 Å². The van der Waals surface area contributed by atoms with Crippen LogP contribution in [0.3, 0.4) is 0 Å². The average molecular weight is 420 g/mol. The van der Waals surface area contributed by atoms with Crippen LogP contribution in [0.25, 0.3) is 11.3 Å². The van der Waals surface area contributed by atoms with Crippen molar-refractivity contribution in [1.82, 2.24) is 4.98 Å². The number of hydrogen-bond donors (Lipinski definition) is 2. The Hall–Kier alpha value is -2.67. The number of urea groups is 1. The fraction of sp³-hybridized carbons (Fsp3) is 0.100. The molecule has 0 aliphatic carbocycles. The second-order valence-corrected chi connectivity index (χ2v) is 6.85. The first-order chi connectivity index (χ1) is 13.3. The lowest BCUT2D eigenvalue weighted by atomic mass is 10.0. The van der Waals surface area contributed by atoms with Crippen molar-refractivity contribution < 1.29 is 14.3 Å². The number of primary amides is 1. The van der Waals surface area contributed by atoms with Gasteiger partial charge in [0.15, 0.2) is 0 Å². The molecular formula is C20H16Cl2FN3O2. The van der Waals surface area contributed by atoms with Crippen LogP contribution in [-0.2, 0) is 6.61 Å². The smallest absolute Gasteiger partial charge is 0.325 e. The third kappa shape index (κ3) is 3.80. The molecule has 0 spiro atoms. The number of rotatable bonds is 4. The van der Waals surface area contributed by atoms with Crippen LogP contribution in [0.5, 0.6) is 0 Å². The van der Waals surface area contributed by atoms with Crippen molar-refractivity contribution in [2.75, 3.05) is 4.90 Å². The number of carbonyl (C=O) groups is 1. The summed E-state index contributed by atoms with van der Waals surface area (Å²) in [5, 5.41) is 10.1. The van der Waals surface area contributed by atoms with Gasteiger partial charge in [-0.1, -0.05) is 35.3 Å². The molecule has 144 valence electrons. The van der Waals surface area contributed by atoms with Gasteiger partial charge < -0.3 is 10.8 Å². The van der Waals surface area contributed by atoms with Gasteiger partial charge in [-0.25, -0.2) is 19.1 Å². The SMILES string of the molecule is Cc1cc(F)ccc1-c1nc(N(C(N)=O)c2c(Cl)cccc2Cl)ccc1CO. The maximum absolute atomic E-state index is 13.5. The number of aryl methyl sites for hydroxylation is 1. The Labute approximate surface area is 171 Å². The molecule has 28 heavy (non-hydrogen) atoms. The Bertz CT molecular complexity index is 1040. The van der Waals surface area contributed by atoms with E-state index in [4.69, 9.17) is 28.9 Å². The van der Waals surface area contributed by atoms with E-state index in [2.05, 4.69) is 4.98 Å². The average Bonchev–Trinajstić information content (AvgIpc) is 2.64. The van der Waals surface area contributed by atoms with Crippen LogP contribution in [-0.4, -0.2) is 16.1 Å². The van der Waals surface area contributed by atoms with Gasteiger partial charge in [0, 0.05) is 11.1 Å². The molecule has 0 fully saturated rings. The molecule has 1 heterocycles. The molecule has 0 bridgehead atoms. The first-order valence-electron chi connectivity index (χ1n) is 8.24. The van der Waals surface area contributed by atoms with Gasteiger partial charge in [-0.15, -0.1) is 0 Å². The zero-order valence-electron chi connectivity index (χ0n) is 14.8. The fourth-order valence-electron chi connectivity index (χ4n) is 2.90. The minimum Gasteiger partial charge on any atom is -0.392 e. The first kappa shape index (κ1) is 20.1. The Balaban J connectivity index is 2.23. The van der Waals surface area contributed by atoms with Crippen LogP contribution >= 0.6 is 23.2 Å². The lowest BCUT2D eigenvalue weighted by Gasteiger charge is -2.23. The number of halogens is 3. The van der Waals surface area contributed by atoms with E-state index < -0.39 is 6.03 Å². The number of para-hydroxylation sites is 1. The van der Waals surface area contributed by atoms with Crippen LogP contribution in [0.15, 0.2) is 48.5 Å². The van der Waals surface area contributed by atoms with Crippen molar-refractivity contribution in [2.45, 2.75) is 13.5 Å². The van der Waals surface area contributed by atoms with Gasteiger partial charge in [0.05, 0.1) is 28.0 Å². The zero-order valence-corrected chi connectivity index (χ0v) is 16.3. The summed E-state index contributed by atoms with van der Waals surface area (Å²) in [6.07, 6.45) is 0. The number of anilines is 2. The zero-order chi connectivity index (χ0) is 20.4. The van der Waals surface area contributed by atoms with Gasteiger partial charge >= 0.3 is 6.03 Å². The van der Waals surface area contributed by atoms with Gasteiger partial charge in [-0.05, 0) is 48.9 Å². The summed E-state index contributed by atoms with van der Waals surface area (Å²) < 4.78 is 13.5. The molecule has 0 atom stereocenters. The number of nitrogens with zero attached hydrogens (tertiary/aromatic N) is 2. The largest absolute Gasteiger partial charge is 0.392 e. The highest BCUT2D eigenvalue weighted by molar-refractivity contribution is 6.40. The lowest BCUT2D eigenvalue weighted by Crippen LogP contribution is -2.32. The van der Waals surface area contributed by atoms with E-state index in [1.807, 2.05) is 0 Å². The van der Waals surface area contributed by atoms with E-state index >= 15 is 0 Å². The molecule has 0 aliphatic rings. The lowest BCUT2D eigenvalue weighted by molar-refractivity contribution is 0.256. The van der Waals surface area contributed by atoms with Crippen LogP contribution in [0, 0.1) is 12.7 Å². The number of aromatic nitrogens is 1. The third-order valence-corrected chi connectivity index (χ3v) is 4.80. The van der Waals surface area contributed by atoms with E-state index in [9.17, 15) is 14.3 Å². The molecule has 0 saturated heterocycles. The summed E-state index contributed by atoms with van der Waals surface area (Å²) in [7, 11) is 0. The highest BCUT2D eigenvalue weighted by atomic mass is 35.5. The predicted octanol–water partition coefficient (Wildman–Crippen LogP) is 5.21. The van der Waals surface area contributed by atoms with Crippen molar-refractivity contribution in [3.8, 4) is 11.3 Å². The van der Waals surface area contributed by atoms with Crippen LogP contribution in [0.4, 0.5) is 20.7 Å². The molecule has 2 aromatic carbocycles.